The SMILES string of the molecule is CCN(CC)S(=O)(=O)c1ccc(NC(=S)Nc2ccc(C)cc2C)cc1. The third kappa shape index (κ3) is 4.81. The molecule has 0 amide bonds. The maximum atomic E-state index is 12.5. The predicted octanol–water partition coefficient (Wildman–Crippen LogP) is 4.14. The average molecular weight is 392 g/mol. The number of rotatable bonds is 6. The van der Waals surface area contributed by atoms with Crippen LogP contribution in [0, 0.1) is 13.8 Å². The van der Waals surface area contributed by atoms with Crippen molar-refractivity contribution in [3.05, 3.63) is 53.6 Å². The Balaban J connectivity index is 2.08. The van der Waals surface area contributed by atoms with Gasteiger partial charge in [-0.05, 0) is 62.0 Å². The molecule has 7 heteroatoms. The average Bonchev–Trinajstić information content (AvgIpc) is 2.59. The van der Waals surface area contributed by atoms with Crippen LogP contribution >= 0.6 is 12.2 Å². The molecule has 2 N–H and O–H groups in total. The molecule has 2 aromatic carbocycles. The van der Waals surface area contributed by atoms with Crippen LogP contribution in [0.3, 0.4) is 0 Å². The number of aryl methyl sites for hydroxylation is 2. The van der Waals surface area contributed by atoms with E-state index in [4.69, 9.17) is 12.2 Å². The molecule has 0 fully saturated rings. The van der Waals surface area contributed by atoms with Crippen molar-refractivity contribution in [1.29, 1.82) is 0 Å². The Morgan fingerprint density at radius 2 is 1.62 bits per heavy atom. The van der Waals surface area contributed by atoms with Gasteiger partial charge in [0, 0.05) is 24.5 Å². The molecule has 0 heterocycles. The van der Waals surface area contributed by atoms with Gasteiger partial charge in [-0.25, -0.2) is 8.42 Å². The second-order valence-electron chi connectivity index (χ2n) is 6.01. The number of nitrogens with zero attached hydrogens (tertiary/aromatic N) is 1. The van der Waals surface area contributed by atoms with Crippen LogP contribution in [0.2, 0.25) is 0 Å². The summed E-state index contributed by atoms with van der Waals surface area (Å²) in [5.74, 6) is 0. The summed E-state index contributed by atoms with van der Waals surface area (Å²) in [5.41, 5.74) is 3.96. The van der Waals surface area contributed by atoms with Gasteiger partial charge >= 0.3 is 0 Å². The van der Waals surface area contributed by atoms with E-state index in [2.05, 4.69) is 16.7 Å². The van der Waals surface area contributed by atoms with Crippen LogP contribution in [-0.4, -0.2) is 30.9 Å². The Labute approximate surface area is 161 Å². The van der Waals surface area contributed by atoms with Gasteiger partial charge in [0.25, 0.3) is 0 Å². The molecule has 0 saturated carbocycles. The van der Waals surface area contributed by atoms with E-state index >= 15 is 0 Å². The molecule has 5 nitrogen and oxygen atoms in total. The van der Waals surface area contributed by atoms with Crippen molar-refractivity contribution in [3.63, 3.8) is 0 Å². The fourth-order valence-electron chi connectivity index (χ4n) is 2.66. The number of hydrogen-bond acceptors (Lipinski definition) is 3. The highest BCUT2D eigenvalue weighted by Crippen LogP contribution is 2.19. The molecule has 0 aromatic heterocycles. The number of sulfonamides is 1. The summed E-state index contributed by atoms with van der Waals surface area (Å²) in [6, 6.07) is 12.7. The zero-order valence-electron chi connectivity index (χ0n) is 15.5. The van der Waals surface area contributed by atoms with Crippen LogP contribution < -0.4 is 10.6 Å². The number of thiocarbonyl (C=S) groups is 1. The maximum absolute atomic E-state index is 12.5. The molecule has 0 atom stereocenters. The minimum atomic E-state index is -3.45. The molecular formula is C19H25N3O2S2. The Hall–Kier alpha value is -1.96. The summed E-state index contributed by atoms with van der Waals surface area (Å²) < 4.78 is 26.4. The number of benzene rings is 2. The van der Waals surface area contributed by atoms with E-state index in [1.54, 1.807) is 24.3 Å². The molecule has 2 rings (SSSR count). The Morgan fingerprint density at radius 1 is 1.00 bits per heavy atom. The monoisotopic (exact) mass is 391 g/mol. The number of hydrogen-bond donors (Lipinski definition) is 2. The van der Waals surface area contributed by atoms with Crippen LogP contribution in [0.25, 0.3) is 0 Å². The van der Waals surface area contributed by atoms with Crippen molar-refractivity contribution in [2.24, 2.45) is 0 Å². The standard InChI is InChI=1S/C19H25N3O2S2/c1-5-22(6-2)26(23,24)17-10-8-16(9-11-17)20-19(25)21-18-12-7-14(3)13-15(18)4/h7-13H,5-6H2,1-4H3,(H2,20,21,25). The third-order valence-electron chi connectivity index (χ3n) is 4.09. The van der Waals surface area contributed by atoms with Gasteiger partial charge < -0.3 is 10.6 Å². The molecule has 140 valence electrons. The molecule has 26 heavy (non-hydrogen) atoms. The smallest absolute Gasteiger partial charge is 0.243 e. The first kappa shape index (κ1) is 20.4. The summed E-state index contributed by atoms with van der Waals surface area (Å²) in [6.45, 7) is 8.61. The first-order valence-electron chi connectivity index (χ1n) is 8.53. The molecule has 0 aliphatic rings. The van der Waals surface area contributed by atoms with E-state index in [1.807, 2.05) is 39.8 Å². The van der Waals surface area contributed by atoms with Crippen molar-refractivity contribution < 1.29 is 8.42 Å². The topological polar surface area (TPSA) is 61.4 Å². The van der Waals surface area contributed by atoms with Gasteiger partial charge in [-0.2, -0.15) is 4.31 Å². The van der Waals surface area contributed by atoms with Gasteiger partial charge in [-0.3, -0.25) is 0 Å². The molecule has 0 bridgehead atoms. The summed E-state index contributed by atoms with van der Waals surface area (Å²) in [6.07, 6.45) is 0. The van der Waals surface area contributed by atoms with Crippen LogP contribution in [0.15, 0.2) is 47.4 Å². The van der Waals surface area contributed by atoms with Gasteiger partial charge in [0.05, 0.1) is 4.90 Å². The highest BCUT2D eigenvalue weighted by molar-refractivity contribution is 7.89. The summed E-state index contributed by atoms with van der Waals surface area (Å²) in [5, 5.41) is 6.70. The zero-order valence-corrected chi connectivity index (χ0v) is 17.2. The minimum absolute atomic E-state index is 0.278. The van der Waals surface area contributed by atoms with Gasteiger partial charge in [0.15, 0.2) is 5.11 Å². The van der Waals surface area contributed by atoms with E-state index < -0.39 is 10.0 Å². The van der Waals surface area contributed by atoms with Gasteiger partial charge in [-0.1, -0.05) is 31.5 Å². The molecule has 0 saturated heterocycles. The van der Waals surface area contributed by atoms with Crippen molar-refractivity contribution >= 4 is 38.7 Å². The van der Waals surface area contributed by atoms with Crippen molar-refractivity contribution in [2.45, 2.75) is 32.6 Å². The largest absolute Gasteiger partial charge is 0.332 e. The molecule has 0 spiro atoms. The van der Waals surface area contributed by atoms with Gasteiger partial charge in [0.2, 0.25) is 10.0 Å². The molecule has 0 aliphatic carbocycles. The molecular weight excluding hydrogens is 366 g/mol. The second-order valence-corrected chi connectivity index (χ2v) is 8.36. The molecule has 2 aromatic rings. The third-order valence-corrected chi connectivity index (χ3v) is 6.35. The van der Waals surface area contributed by atoms with Crippen LogP contribution in [0.4, 0.5) is 11.4 Å². The van der Waals surface area contributed by atoms with E-state index in [0.29, 0.717) is 18.2 Å². The van der Waals surface area contributed by atoms with Crippen molar-refractivity contribution in [1.82, 2.24) is 4.31 Å². The highest BCUT2D eigenvalue weighted by Gasteiger charge is 2.21. The lowest BCUT2D eigenvalue weighted by Gasteiger charge is -2.18. The van der Waals surface area contributed by atoms with Gasteiger partial charge in [-0.15, -0.1) is 0 Å². The lowest BCUT2D eigenvalue weighted by molar-refractivity contribution is 0.445. The van der Waals surface area contributed by atoms with E-state index in [-0.39, 0.29) is 4.90 Å². The molecule has 0 aliphatic heterocycles. The predicted molar refractivity (Wildman–Crippen MR) is 112 cm³/mol. The summed E-state index contributed by atoms with van der Waals surface area (Å²) in [7, 11) is -3.45. The number of anilines is 2. The summed E-state index contributed by atoms with van der Waals surface area (Å²) in [4.78, 5) is 0.278. The minimum Gasteiger partial charge on any atom is -0.332 e. The quantitative estimate of drug-likeness (QED) is 0.725. The van der Waals surface area contributed by atoms with Crippen LogP contribution in [0.1, 0.15) is 25.0 Å². The highest BCUT2D eigenvalue weighted by atomic mass is 32.2. The molecule has 0 unspecified atom stereocenters. The first-order valence-corrected chi connectivity index (χ1v) is 10.4. The van der Waals surface area contributed by atoms with E-state index in [0.717, 1.165) is 16.9 Å². The lowest BCUT2D eigenvalue weighted by atomic mass is 10.1. The molecule has 0 radical (unpaired) electrons. The number of nitrogens with one attached hydrogen (secondary N) is 2. The maximum Gasteiger partial charge on any atom is 0.243 e. The van der Waals surface area contributed by atoms with Crippen molar-refractivity contribution in [3.8, 4) is 0 Å². The lowest BCUT2D eigenvalue weighted by Crippen LogP contribution is -2.30. The second kappa shape index (κ2) is 8.62. The fraction of sp³-hybridized carbons (Fsp3) is 0.316. The Bertz CT molecular complexity index is 874. The Morgan fingerprint density at radius 3 is 2.15 bits per heavy atom. The first-order chi connectivity index (χ1) is 12.3. The van der Waals surface area contributed by atoms with Gasteiger partial charge in [0.1, 0.15) is 0 Å². The normalized spacial score (nSPS) is 11.4. The Kier molecular flexibility index (Phi) is 6.75. The van der Waals surface area contributed by atoms with Crippen LogP contribution in [0.5, 0.6) is 0 Å². The summed E-state index contributed by atoms with van der Waals surface area (Å²) >= 11 is 5.35. The zero-order chi connectivity index (χ0) is 19.3. The van der Waals surface area contributed by atoms with E-state index in [1.165, 1.54) is 9.87 Å². The fourth-order valence-corrected chi connectivity index (χ4v) is 4.35. The van der Waals surface area contributed by atoms with Crippen LogP contribution in [-0.2, 0) is 10.0 Å². The van der Waals surface area contributed by atoms with Crippen molar-refractivity contribution in [2.75, 3.05) is 23.7 Å². The van der Waals surface area contributed by atoms with E-state index in [9.17, 15) is 8.42 Å².